The van der Waals surface area contributed by atoms with Crippen LogP contribution in [0.15, 0.2) is 11.6 Å². The molecule has 3 N–H and O–H groups in total. The lowest BCUT2D eigenvalue weighted by Gasteiger charge is -2.61. The van der Waals surface area contributed by atoms with E-state index in [1.165, 1.54) is 6.92 Å². The minimum Gasteiger partial charge on any atom is -0.458 e. The summed E-state index contributed by atoms with van der Waals surface area (Å²) in [7, 11) is 0. The summed E-state index contributed by atoms with van der Waals surface area (Å²) >= 11 is 0. The van der Waals surface area contributed by atoms with Gasteiger partial charge in [0.2, 0.25) is 0 Å². The van der Waals surface area contributed by atoms with Crippen LogP contribution in [-0.4, -0.2) is 46.2 Å². The van der Waals surface area contributed by atoms with Crippen molar-refractivity contribution in [2.75, 3.05) is 13.2 Å². The van der Waals surface area contributed by atoms with Crippen LogP contribution in [0.2, 0.25) is 0 Å². The van der Waals surface area contributed by atoms with Crippen molar-refractivity contribution < 1.29 is 24.9 Å². The monoisotopic (exact) mass is 312 g/mol. The van der Waals surface area contributed by atoms with E-state index in [-0.39, 0.29) is 23.9 Å². The van der Waals surface area contributed by atoms with Gasteiger partial charge in [-0.2, -0.15) is 0 Å². The van der Waals surface area contributed by atoms with Gasteiger partial charge in [-0.15, -0.1) is 0 Å². The van der Waals surface area contributed by atoms with Crippen LogP contribution in [0.5, 0.6) is 0 Å². The third-order valence-electron chi connectivity index (χ3n) is 5.92. The van der Waals surface area contributed by atoms with Crippen LogP contribution in [0.1, 0.15) is 47.0 Å². The first-order valence-corrected chi connectivity index (χ1v) is 7.95. The van der Waals surface area contributed by atoms with E-state index >= 15 is 0 Å². The Kier molecular flexibility index (Phi) is 4.46. The summed E-state index contributed by atoms with van der Waals surface area (Å²) in [5, 5.41) is 30.7. The lowest BCUT2D eigenvalue weighted by atomic mass is 9.46. The predicted molar refractivity (Wildman–Crippen MR) is 82.0 cm³/mol. The molecule has 0 radical (unpaired) electrons. The molecule has 0 bridgehead atoms. The van der Waals surface area contributed by atoms with Crippen LogP contribution in [0.4, 0.5) is 0 Å². The number of rotatable bonds is 3. The van der Waals surface area contributed by atoms with E-state index in [0.29, 0.717) is 12.0 Å². The number of aliphatic hydroxyl groups excluding tert-OH is 2. The number of esters is 1. The van der Waals surface area contributed by atoms with E-state index in [1.54, 1.807) is 6.08 Å². The molecular weight excluding hydrogens is 284 g/mol. The molecule has 0 saturated heterocycles. The number of carbonyl (C=O) groups is 1. The summed E-state index contributed by atoms with van der Waals surface area (Å²) in [6.45, 7) is 6.72. The zero-order valence-corrected chi connectivity index (χ0v) is 13.9. The van der Waals surface area contributed by atoms with Gasteiger partial charge in [0.15, 0.2) is 0 Å². The van der Waals surface area contributed by atoms with Crippen LogP contribution in [0, 0.1) is 16.7 Å². The summed E-state index contributed by atoms with van der Waals surface area (Å²) in [6.07, 6.45) is 3.75. The standard InChI is InChI=1S/C17H28O5/c1-11(20)22-13-8-12(9-18)17(21,10-19)16(4)7-5-6-15(2,3)14(13)16/h8,13-14,18-19,21H,5-7,9-10H2,1-4H3/t13-,14?,16+,17+/m1/s1. The first kappa shape index (κ1) is 17.4. The number of carbonyl (C=O) groups excluding carboxylic acids is 1. The highest BCUT2D eigenvalue weighted by Gasteiger charge is 2.63. The Morgan fingerprint density at radius 1 is 1.32 bits per heavy atom. The van der Waals surface area contributed by atoms with Crippen molar-refractivity contribution in [1.29, 1.82) is 0 Å². The van der Waals surface area contributed by atoms with Crippen LogP contribution >= 0.6 is 0 Å². The van der Waals surface area contributed by atoms with Crippen molar-refractivity contribution in [3.63, 3.8) is 0 Å². The van der Waals surface area contributed by atoms with Gasteiger partial charge in [-0.25, -0.2) is 0 Å². The van der Waals surface area contributed by atoms with Gasteiger partial charge in [0, 0.05) is 18.3 Å². The van der Waals surface area contributed by atoms with E-state index < -0.39 is 23.7 Å². The zero-order chi connectivity index (χ0) is 16.8. The highest BCUT2D eigenvalue weighted by Crippen LogP contribution is 2.61. The van der Waals surface area contributed by atoms with Crippen molar-refractivity contribution in [2.24, 2.45) is 16.7 Å². The van der Waals surface area contributed by atoms with Gasteiger partial charge in [-0.3, -0.25) is 4.79 Å². The predicted octanol–water partition coefficient (Wildman–Crippen LogP) is 1.41. The molecule has 0 aromatic carbocycles. The van der Waals surface area contributed by atoms with Gasteiger partial charge in [-0.1, -0.05) is 27.2 Å². The molecule has 22 heavy (non-hydrogen) atoms. The normalized spacial score (nSPS) is 40.6. The Hall–Kier alpha value is -0.910. The molecule has 0 aromatic rings. The minimum absolute atomic E-state index is 0.120. The highest BCUT2D eigenvalue weighted by atomic mass is 16.5. The largest absolute Gasteiger partial charge is 0.458 e. The fraction of sp³-hybridized carbons (Fsp3) is 0.824. The van der Waals surface area contributed by atoms with Gasteiger partial charge in [-0.05, 0) is 29.9 Å². The fourth-order valence-corrected chi connectivity index (χ4v) is 4.91. The second-order valence-corrected chi connectivity index (χ2v) is 7.68. The van der Waals surface area contributed by atoms with E-state index in [0.717, 1.165) is 12.8 Å². The number of fused-ring (bicyclic) bond motifs is 1. The fourth-order valence-electron chi connectivity index (χ4n) is 4.91. The molecule has 0 aromatic heterocycles. The highest BCUT2D eigenvalue weighted by molar-refractivity contribution is 5.66. The van der Waals surface area contributed by atoms with Crippen LogP contribution in [0.25, 0.3) is 0 Å². The molecule has 0 amide bonds. The molecule has 2 rings (SSSR count). The number of aliphatic hydroxyl groups is 3. The van der Waals surface area contributed by atoms with Gasteiger partial charge < -0.3 is 20.1 Å². The molecule has 0 aliphatic heterocycles. The number of ether oxygens (including phenoxy) is 1. The average molecular weight is 312 g/mol. The third kappa shape index (κ3) is 2.39. The third-order valence-corrected chi connectivity index (χ3v) is 5.92. The zero-order valence-electron chi connectivity index (χ0n) is 13.9. The molecular formula is C17H28O5. The molecule has 5 nitrogen and oxygen atoms in total. The van der Waals surface area contributed by atoms with Gasteiger partial charge >= 0.3 is 5.97 Å². The Bertz CT molecular complexity index is 483. The molecule has 5 heteroatoms. The Balaban J connectivity index is 2.62. The minimum atomic E-state index is -1.49. The van der Waals surface area contributed by atoms with Gasteiger partial charge in [0.1, 0.15) is 11.7 Å². The van der Waals surface area contributed by atoms with Crippen molar-refractivity contribution in [2.45, 2.75) is 58.7 Å². The molecule has 0 heterocycles. The average Bonchev–Trinajstić information content (AvgIpc) is 2.40. The quantitative estimate of drug-likeness (QED) is 0.542. The molecule has 0 spiro atoms. The molecule has 1 saturated carbocycles. The smallest absolute Gasteiger partial charge is 0.303 e. The van der Waals surface area contributed by atoms with E-state index in [2.05, 4.69) is 13.8 Å². The Morgan fingerprint density at radius 3 is 2.45 bits per heavy atom. The van der Waals surface area contributed by atoms with Gasteiger partial charge in [0.25, 0.3) is 0 Å². The first-order valence-electron chi connectivity index (χ1n) is 7.95. The second kappa shape index (κ2) is 5.62. The van der Waals surface area contributed by atoms with Crippen molar-refractivity contribution in [3.05, 3.63) is 11.6 Å². The lowest BCUT2D eigenvalue weighted by molar-refractivity contribution is -0.199. The van der Waals surface area contributed by atoms with Crippen LogP contribution in [0.3, 0.4) is 0 Å². The van der Waals surface area contributed by atoms with E-state index in [1.807, 2.05) is 6.92 Å². The van der Waals surface area contributed by atoms with E-state index in [4.69, 9.17) is 4.74 Å². The van der Waals surface area contributed by atoms with E-state index in [9.17, 15) is 20.1 Å². The molecule has 1 unspecified atom stereocenters. The summed E-state index contributed by atoms with van der Waals surface area (Å²) in [6, 6.07) is 0. The lowest BCUT2D eigenvalue weighted by Crippen LogP contribution is -2.65. The van der Waals surface area contributed by atoms with Gasteiger partial charge in [0.05, 0.1) is 13.2 Å². The summed E-state index contributed by atoms with van der Waals surface area (Å²) in [4.78, 5) is 11.5. The van der Waals surface area contributed by atoms with Crippen molar-refractivity contribution in [1.82, 2.24) is 0 Å². The Labute approximate surface area is 132 Å². The molecule has 2 aliphatic carbocycles. The molecule has 4 atom stereocenters. The Morgan fingerprint density at radius 2 is 1.95 bits per heavy atom. The topological polar surface area (TPSA) is 87.0 Å². The van der Waals surface area contributed by atoms with Crippen LogP contribution in [-0.2, 0) is 9.53 Å². The second-order valence-electron chi connectivity index (χ2n) is 7.68. The van der Waals surface area contributed by atoms with Crippen LogP contribution < -0.4 is 0 Å². The molecule has 1 fully saturated rings. The summed E-state index contributed by atoms with van der Waals surface area (Å²) in [5.41, 5.74) is -1.94. The SMILES string of the molecule is CC(=O)O[C@@H]1C=C(CO)[C@@](O)(CO)[C@@]2(C)CCCC(C)(C)C12. The maximum Gasteiger partial charge on any atom is 0.303 e. The maximum atomic E-state index is 11.5. The maximum absolute atomic E-state index is 11.5. The molecule has 126 valence electrons. The van der Waals surface area contributed by atoms with Crippen molar-refractivity contribution >= 4 is 5.97 Å². The summed E-state index contributed by atoms with van der Waals surface area (Å²) in [5.74, 6) is -0.498. The number of hydrogen-bond acceptors (Lipinski definition) is 5. The first-order chi connectivity index (χ1) is 10.1. The molecule has 2 aliphatic rings. The number of hydrogen-bond donors (Lipinski definition) is 3. The van der Waals surface area contributed by atoms with Crippen molar-refractivity contribution in [3.8, 4) is 0 Å². The summed E-state index contributed by atoms with van der Waals surface area (Å²) < 4.78 is 5.51.